The number of likely N-dealkylation sites (N-methyl/N-ethyl adjacent to an activating group) is 1. The van der Waals surface area contributed by atoms with Crippen molar-refractivity contribution < 1.29 is 10.0 Å². The van der Waals surface area contributed by atoms with Crippen LogP contribution in [-0.2, 0) is 11.3 Å². The lowest BCUT2D eigenvalue weighted by molar-refractivity contribution is -0.132. The zero-order valence-electron chi connectivity index (χ0n) is 12.8. The van der Waals surface area contributed by atoms with Crippen LogP contribution in [0.1, 0.15) is 31.9 Å². The molecule has 0 aliphatic carbocycles. The number of oxime groups is 1. The van der Waals surface area contributed by atoms with Crippen LogP contribution in [0.25, 0.3) is 0 Å². The van der Waals surface area contributed by atoms with E-state index in [9.17, 15) is 4.79 Å². The Morgan fingerprint density at radius 2 is 2.00 bits per heavy atom. The third-order valence-corrected chi connectivity index (χ3v) is 3.45. The van der Waals surface area contributed by atoms with Gasteiger partial charge in [-0.15, -0.1) is 0 Å². The number of hydrogen-bond donors (Lipinski definition) is 3. The fourth-order valence-corrected chi connectivity index (χ4v) is 2.14. The van der Waals surface area contributed by atoms with Crippen LogP contribution >= 0.6 is 0 Å². The Kier molecular flexibility index (Phi) is 6.68. The van der Waals surface area contributed by atoms with Crippen molar-refractivity contribution in [1.82, 2.24) is 10.2 Å². The number of nitrogens with two attached hydrogens (primary N) is 1. The molecule has 6 heteroatoms. The van der Waals surface area contributed by atoms with E-state index in [-0.39, 0.29) is 17.8 Å². The summed E-state index contributed by atoms with van der Waals surface area (Å²) in [6.07, 6.45) is 0. The number of amides is 1. The molecule has 0 spiro atoms. The van der Waals surface area contributed by atoms with Gasteiger partial charge in [0.15, 0.2) is 5.84 Å². The second-order valence-corrected chi connectivity index (χ2v) is 4.76. The first-order chi connectivity index (χ1) is 10.0. The highest BCUT2D eigenvalue weighted by Crippen LogP contribution is 2.09. The number of rotatable bonds is 7. The minimum absolute atomic E-state index is 0.0649. The average Bonchev–Trinajstić information content (AvgIpc) is 2.53. The van der Waals surface area contributed by atoms with Crippen LogP contribution < -0.4 is 11.1 Å². The van der Waals surface area contributed by atoms with E-state index in [4.69, 9.17) is 10.9 Å². The molecule has 1 atom stereocenters. The molecule has 0 fully saturated rings. The minimum atomic E-state index is -0.287. The van der Waals surface area contributed by atoms with Crippen LogP contribution in [0.2, 0.25) is 0 Å². The van der Waals surface area contributed by atoms with E-state index in [1.165, 1.54) is 0 Å². The van der Waals surface area contributed by atoms with Crippen molar-refractivity contribution in [1.29, 1.82) is 0 Å². The molecule has 0 heterocycles. The topological polar surface area (TPSA) is 91.0 Å². The molecular formula is C15H24N4O2. The number of benzene rings is 1. The lowest BCUT2D eigenvalue weighted by Gasteiger charge is -2.23. The number of nitrogens with one attached hydrogen (secondary N) is 1. The predicted octanol–water partition coefficient (Wildman–Crippen LogP) is 1.13. The summed E-state index contributed by atoms with van der Waals surface area (Å²) < 4.78 is 0. The normalized spacial score (nSPS) is 13.0. The van der Waals surface area contributed by atoms with Crippen molar-refractivity contribution in [2.45, 2.75) is 33.4 Å². The molecule has 0 saturated heterocycles. The fourth-order valence-electron chi connectivity index (χ4n) is 2.14. The van der Waals surface area contributed by atoms with Gasteiger partial charge in [0.1, 0.15) is 0 Å². The van der Waals surface area contributed by atoms with Crippen molar-refractivity contribution >= 4 is 11.7 Å². The van der Waals surface area contributed by atoms with Gasteiger partial charge in [-0.2, -0.15) is 0 Å². The van der Waals surface area contributed by atoms with Gasteiger partial charge in [-0.25, -0.2) is 0 Å². The molecule has 21 heavy (non-hydrogen) atoms. The van der Waals surface area contributed by atoms with Gasteiger partial charge in [0.2, 0.25) is 5.91 Å². The highest BCUT2D eigenvalue weighted by molar-refractivity contribution is 5.98. The lowest BCUT2D eigenvalue weighted by Crippen LogP contribution is -2.44. The molecule has 1 aromatic carbocycles. The summed E-state index contributed by atoms with van der Waals surface area (Å²) in [6.45, 7) is 7.63. The van der Waals surface area contributed by atoms with E-state index >= 15 is 0 Å². The van der Waals surface area contributed by atoms with E-state index in [1.54, 1.807) is 11.0 Å². The molecule has 1 aromatic rings. The highest BCUT2D eigenvalue weighted by Gasteiger charge is 2.18. The lowest BCUT2D eigenvalue weighted by atomic mass is 10.1. The standard InChI is InChI=1S/C15H24N4O2/c1-4-19(5-2)15(20)11(3)17-10-12-8-6-7-9-13(12)14(16)18-21/h6-9,11,17,21H,4-5,10H2,1-3H3,(H2,16,18). The van der Waals surface area contributed by atoms with Crippen molar-refractivity contribution in [2.24, 2.45) is 10.9 Å². The third-order valence-electron chi connectivity index (χ3n) is 3.45. The molecule has 4 N–H and O–H groups in total. The van der Waals surface area contributed by atoms with Gasteiger partial charge < -0.3 is 21.2 Å². The van der Waals surface area contributed by atoms with Gasteiger partial charge in [-0.3, -0.25) is 4.79 Å². The Balaban J connectivity index is 2.74. The van der Waals surface area contributed by atoms with Crippen molar-refractivity contribution in [3.63, 3.8) is 0 Å². The maximum atomic E-state index is 12.2. The van der Waals surface area contributed by atoms with Crippen molar-refractivity contribution in [3.8, 4) is 0 Å². The maximum absolute atomic E-state index is 12.2. The van der Waals surface area contributed by atoms with Crippen LogP contribution in [0.4, 0.5) is 0 Å². The smallest absolute Gasteiger partial charge is 0.239 e. The Labute approximate surface area is 125 Å². The van der Waals surface area contributed by atoms with E-state index in [1.807, 2.05) is 39.0 Å². The SMILES string of the molecule is CCN(CC)C(=O)C(C)NCc1ccccc1/C(N)=N/O. The Morgan fingerprint density at radius 3 is 2.57 bits per heavy atom. The van der Waals surface area contributed by atoms with Crippen molar-refractivity contribution in [2.75, 3.05) is 13.1 Å². The first-order valence-electron chi connectivity index (χ1n) is 7.13. The molecule has 0 bridgehead atoms. The largest absolute Gasteiger partial charge is 0.409 e. The molecular weight excluding hydrogens is 268 g/mol. The molecule has 0 aromatic heterocycles. The van der Waals surface area contributed by atoms with Gasteiger partial charge >= 0.3 is 0 Å². The summed E-state index contributed by atoms with van der Waals surface area (Å²) in [5.74, 6) is 0.136. The Bertz CT molecular complexity index is 498. The van der Waals surface area contributed by atoms with Gasteiger partial charge in [0.05, 0.1) is 6.04 Å². The number of amidine groups is 1. The first kappa shape index (κ1) is 17.0. The summed E-state index contributed by atoms with van der Waals surface area (Å²) in [6, 6.07) is 7.08. The van der Waals surface area contributed by atoms with Crippen LogP contribution in [-0.4, -0.2) is 41.0 Å². The van der Waals surface area contributed by atoms with E-state index in [0.717, 1.165) is 5.56 Å². The van der Waals surface area contributed by atoms with Crippen LogP contribution in [0.3, 0.4) is 0 Å². The summed E-state index contributed by atoms with van der Waals surface area (Å²) in [5.41, 5.74) is 7.19. The molecule has 0 aliphatic rings. The van der Waals surface area contributed by atoms with Crippen LogP contribution in [0.15, 0.2) is 29.4 Å². The Hall–Kier alpha value is -2.08. The van der Waals surface area contributed by atoms with Crippen molar-refractivity contribution in [3.05, 3.63) is 35.4 Å². The maximum Gasteiger partial charge on any atom is 0.239 e. The predicted molar refractivity (Wildman–Crippen MR) is 83.2 cm³/mol. The first-order valence-corrected chi connectivity index (χ1v) is 7.13. The molecule has 6 nitrogen and oxygen atoms in total. The van der Waals surface area contributed by atoms with E-state index < -0.39 is 0 Å². The number of nitrogens with zero attached hydrogens (tertiary/aromatic N) is 2. The van der Waals surface area contributed by atoms with Crippen LogP contribution in [0, 0.1) is 0 Å². The monoisotopic (exact) mass is 292 g/mol. The Morgan fingerprint density at radius 1 is 1.38 bits per heavy atom. The molecule has 1 rings (SSSR count). The number of hydrogen-bond acceptors (Lipinski definition) is 4. The van der Waals surface area contributed by atoms with Crippen LogP contribution in [0.5, 0.6) is 0 Å². The molecule has 0 radical (unpaired) electrons. The second-order valence-electron chi connectivity index (χ2n) is 4.76. The minimum Gasteiger partial charge on any atom is -0.409 e. The third kappa shape index (κ3) is 4.46. The summed E-state index contributed by atoms with van der Waals surface area (Å²) >= 11 is 0. The van der Waals surface area contributed by atoms with Gasteiger partial charge in [0.25, 0.3) is 0 Å². The number of carbonyl (C=O) groups excluding carboxylic acids is 1. The quantitative estimate of drug-likeness (QED) is 0.304. The molecule has 0 saturated carbocycles. The number of carbonyl (C=O) groups is 1. The van der Waals surface area contributed by atoms with Gasteiger partial charge in [-0.1, -0.05) is 29.4 Å². The molecule has 1 amide bonds. The molecule has 0 aliphatic heterocycles. The zero-order chi connectivity index (χ0) is 15.8. The zero-order valence-corrected chi connectivity index (χ0v) is 12.8. The van der Waals surface area contributed by atoms with E-state index in [2.05, 4.69) is 10.5 Å². The second kappa shape index (κ2) is 8.26. The summed E-state index contributed by atoms with van der Waals surface area (Å²) in [5, 5.41) is 15.0. The van der Waals surface area contributed by atoms with Gasteiger partial charge in [0, 0.05) is 25.2 Å². The van der Waals surface area contributed by atoms with E-state index in [0.29, 0.717) is 25.2 Å². The summed E-state index contributed by atoms with van der Waals surface area (Å²) in [7, 11) is 0. The average molecular weight is 292 g/mol. The fraction of sp³-hybridized carbons (Fsp3) is 0.467. The highest BCUT2D eigenvalue weighted by atomic mass is 16.4. The van der Waals surface area contributed by atoms with Gasteiger partial charge in [-0.05, 0) is 26.3 Å². The summed E-state index contributed by atoms with van der Waals surface area (Å²) in [4.78, 5) is 14.0. The molecule has 1 unspecified atom stereocenters. The molecule has 116 valence electrons.